The van der Waals surface area contributed by atoms with Gasteiger partial charge in [0.2, 0.25) is 0 Å². The molecule has 0 N–H and O–H groups in total. The van der Waals surface area contributed by atoms with Crippen LogP contribution in [-0.2, 0) is 24.5 Å². The molecule has 7 nitrogen and oxygen atoms in total. The van der Waals surface area contributed by atoms with Crippen molar-refractivity contribution in [2.24, 2.45) is 0 Å². The van der Waals surface area contributed by atoms with E-state index in [-0.39, 0.29) is 6.10 Å². The first kappa shape index (κ1) is 21.4. The molecule has 33 heavy (non-hydrogen) atoms. The number of hydrogen-bond acceptors (Lipinski definition) is 6. The highest BCUT2D eigenvalue weighted by Crippen LogP contribution is 2.33. The summed E-state index contributed by atoms with van der Waals surface area (Å²) in [6.45, 7) is 1.48. The van der Waals surface area contributed by atoms with Crippen LogP contribution in [0.3, 0.4) is 0 Å². The second kappa shape index (κ2) is 10.0. The second-order valence-electron chi connectivity index (χ2n) is 8.33. The van der Waals surface area contributed by atoms with Crippen LogP contribution in [0.25, 0.3) is 11.5 Å². The van der Waals surface area contributed by atoms with Gasteiger partial charge in [-0.25, -0.2) is 15.0 Å². The zero-order chi connectivity index (χ0) is 22.5. The minimum atomic E-state index is 0.259. The van der Waals surface area contributed by atoms with E-state index in [0.29, 0.717) is 19.8 Å². The Hall–Kier alpha value is -3.45. The van der Waals surface area contributed by atoms with Gasteiger partial charge < -0.3 is 18.8 Å². The molecule has 0 spiro atoms. The van der Waals surface area contributed by atoms with Gasteiger partial charge in [0.15, 0.2) is 17.3 Å². The van der Waals surface area contributed by atoms with E-state index < -0.39 is 0 Å². The van der Waals surface area contributed by atoms with Crippen LogP contribution in [0.1, 0.15) is 42.6 Å². The predicted octanol–water partition coefficient (Wildman–Crippen LogP) is 4.87. The summed E-state index contributed by atoms with van der Waals surface area (Å²) in [4.78, 5) is 13.4. The Morgan fingerprint density at radius 2 is 1.76 bits per heavy atom. The Morgan fingerprint density at radius 1 is 0.909 bits per heavy atom. The molecule has 0 radical (unpaired) electrons. The summed E-state index contributed by atoms with van der Waals surface area (Å²) in [6.07, 6.45) is 8.21. The average molecular weight is 445 g/mol. The van der Waals surface area contributed by atoms with Crippen molar-refractivity contribution in [1.82, 2.24) is 19.5 Å². The molecule has 2 heterocycles. The van der Waals surface area contributed by atoms with Gasteiger partial charge >= 0.3 is 0 Å². The second-order valence-corrected chi connectivity index (χ2v) is 8.33. The summed E-state index contributed by atoms with van der Waals surface area (Å²) in [5, 5.41) is 0. The quantitative estimate of drug-likeness (QED) is 0.367. The lowest BCUT2D eigenvalue weighted by molar-refractivity contribution is 0.0988. The Labute approximate surface area is 193 Å². The Balaban J connectivity index is 1.38. The third-order valence-electron chi connectivity index (χ3n) is 6.02. The number of nitrogens with zero attached hydrogens (tertiary/aromatic N) is 4. The van der Waals surface area contributed by atoms with E-state index in [4.69, 9.17) is 14.2 Å². The van der Waals surface area contributed by atoms with E-state index >= 15 is 0 Å². The van der Waals surface area contributed by atoms with Crippen molar-refractivity contribution in [1.29, 1.82) is 0 Å². The Morgan fingerprint density at radius 3 is 2.58 bits per heavy atom. The van der Waals surface area contributed by atoms with Crippen LogP contribution in [0.4, 0.5) is 0 Å². The van der Waals surface area contributed by atoms with Crippen LogP contribution < -0.4 is 9.47 Å². The minimum absolute atomic E-state index is 0.259. The highest BCUT2D eigenvalue weighted by atomic mass is 16.5. The number of benzene rings is 2. The molecular formula is C26H28N4O3. The van der Waals surface area contributed by atoms with Crippen LogP contribution in [0.5, 0.6) is 11.5 Å². The number of methoxy groups -OCH3 is 1. The highest BCUT2D eigenvalue weighted by Gasteiger charge is 2.20. The zero-order valence-corrected chi connectivity index (χ0v) is 18.8. The van der Waals surface area contributed by atoms with Crippen LogP contribution >= 0.6 is 0 Å². The average Bonchev–Trinajstić information content (AvgIpc) is 3.53. The van der Waals surface area contributed by atoms with Crippen molar-refractivity contribution in [2.45, 2.75) is 51.5 Å². The number of ether oxygens (including phenoxy) is 3. The molecular weight excluding hydrogens is 416 g/mol. The summed E-state index contributed by atoms with van der Waals surface area (Å²) < 4.78 is 19.9. The van der Waals surface area contributed by atoms with Crippen LogP contribution in [0.15, 0.2) is 61.1 Å². The summed E-state index contributed by atoms with van der Waals surface area (Å²) in [5.41, 5.74) is 2.97. The van der Waals surface area contributed by atoms with Crippen LogP contribution in [0, 0.1) is 0 Å². The predicted molar refractivity (Wildman–Crippen MR) is 124 cm³/mol. The van der Waals surface area contributed by atoms with Crippen molar-refractivity contribution in [3.63, 3.8) is 0 Å². The molecule has 1 saturated carbocycles. The molecule has 5 rings (SSSR count). The van der Waals surface area contributed by atoms with Gasteiger partial charge in [-0.3, -0.25) is 0 Å². The number of rotatable bonds is 9. The lowest BCUT2D eigenvalue weighted by atomic mass is 10.2. The first-order valence-corrected chi connectivity index (χ1v) is 11.4. The maximum Gasteiger partial charge on any atom is 0.163 e. The minimum Gasteiger partial charge on any atom is -0.493 e. The molecule has 2 aromatic carbocycles. The highest BCUT2D eigenvalue weighted by molar-refractivity contribution is 5.50. The van der Waals surface area contributed by atoms with E-state index in [2.05, 4.69) is 43.8 Å². The summed E-state index contributed by atoms with van der Waals surface area (Å²) >= 11 is 0. The molecule has 1 fully saturated rings. The van der Waals surface area contributed by atoms with Gasteiger partial charge in [0, 0.05) is 0 Å². The number of hydrogen-bond donors (Lipinski definition) is 0. The fourth-order valence-corrected chi connectivity index (χ4v) is 4.29. The zero-order valence-electron chi connectivity index (χ0n) is 18.8. The molecule has 2 aromatic rings. The topological polar surface area (TPSA) is 71.3 Å². The van der Waals surface area contributed by atoms with E-state index in [1.807, 2.05) is 24.3 Å². The standard InChI is InChI=1S/C26H28N4O3/c1-31-23-12-11-20(13-24(23)33-21-9-5-6-10-21)15-30-25(27-14-22-26(30)29-18-28-22)17-32-16-19-7-3-2-4-8-19/h2-4,7-8,11-14,18,21H,5-6,9-10,15-17H2,1H3. The third kappa shape index (κ3) is 4.98. The van der Waals surface area contributed by atoms with Gasteiger partial charge in [-0.2, -0.15) is 0 Å². The number of aromatic nitrogens is 4. The first-order valence-electron chi connectivity index (χ1n) is 11.4. The largest absolute Gasteiger partial charge is 0.493 e. The molecule has 0 aromatic heterocycles. The molecule has 170 valence electrons. The molecule has 1 aliphatic carbocycles. The van der Waals surface area contributed by atoms with Crippen molar-refractivity contribution in [2.75, 3.05) is 7.11 Å². The van der Waals surface area contributed by atoms with Crippen LogP contribution in [-0.4, -0.2) is 32.7 Å². The number of fused-ring (bicyclic) bond motifs is 1. The monoisotopic (exact) mass is 444 g/mol. The maximum absolute atomic E-state index is 6.29. The van der Waals surface area contributed by atoms with E-state index in [0.717, 1.165) is 52.8 Å². The van der Waals surface area contributed by atoms with Gasteiger partial charge in [-0.1, -0.05) is 36.4 Å². The lowest BCUT2D eigenvalue weighted by Gasteiger charge is -2.19. The van der Waals surface area contributed by atoms with E-state index in [9.17, 15) is 0 Å². The molecule has 0 atom stereocenters. The summed E-state index contributed by atoms with van der Waals surface area (Å²) in [5.74, 6) is 3.13. The van der Waals surface area contributed by atoms with Crippen molar-refractivity contribution in [3.05, 3.63) is 78.0 Å². The molecule has 2 aliphatic heterocycles. The van der Waals surface area contributed by atoms with Gasteiger partial charge in [0.05, 0.1) is 32.6 Å². The smallest absolute Gasteiger partial charge is 0.163 e. The molecule has 7 heteroatoms. The SMILES string of the molecule is COc1ccc(Cn2c(COCc3ccccc3)ncc3ncnc2-3)cc1OC1CCCC1. The lowest BCUT2D eigenvalue weighted by Crippen LogP contribution is -2.15. The normalized spacial score (nSPS) is 14.1. The molecule has 0 saturated heterocycles. The van der Waals surface area contributed by atoms with Crippen LogP contribution in [0.2, 0.25) is 0 Å². The molecule has 0 unspecified atom stereocenters. The van der Waals surface area contributed by atoms with Gasteiger partial charge in [-0.05, 0) is 48.9 Å². The van der Waals surface area contributed by atoms with Gasteiger partial charge in [-0.15, -0.1) is 0 Å². The Kier molecular flexibility index (Phi) is 6.48. The van der Waals surface area contributed by atoms with Crippen molar-refractivity contribution >= 4 is 0 Å². The first-order chi connectivity index (χ1) is 16.3. The molecule has 3 aliphatic rings. The summed E-state index contributed by atoms with van der Waals surface area (Å²) in [7, 11) is 1.68. The van der Waals surface area contributed by atoms with E-state index in [1.165, 1.54) is 12.8 Å². The fraction of sp³-hybridized carbons (Fsp3) is 0.346. The van der Waals surface area contributed by atoms with Crippen molar-refractivity contribution < 1.29 is 14.2 Å². The molecule has 0 amide bonds. The third-order valence-corrected chi connectivity index (χ3v) is 6.02. The van der Waals surface area contributed by atoms with Gasteiger partial charge in [0.25, 0.3) is 0 Å². The number of imidazole rings is 1. The van der Waals surface area contributed by atoms with Crippen molar-refractivity contribution in [3.8, 4) is 23.0 Å². The summed E-state index contributed by atoms with van der Waals surface area (Å²) in [6, 6.07) is 16.2. The Bertz CT molecular complexity index is 1160. The fourth-order valence-electron chi connectivity index (χ4n) is 4.29. The van der Waals surface area contributed by atoms with Gasteiger partial charge in [0.1, 0.15) is 24.5 Å². The van der Waals surface area contributed by atoms with E-state index in [1.54, 1.807) is 19.6 Å². The maximum atomic E-state index is 6.29. The molecule has 0 bridgehead atoms.